The predicted molar refractivity (Wildman–Crippen MR) is 147 cm³/mol. The molecule has 0 aliphatic carbocycles. The smallest absolute Gasteiger partial charge is 0.363 e. The molecule has 1 aliphatic rings. The van der Waals surface area contributed by atoms with Crippen LogP contribution in [0, 0.1) is 3.57 Å². The van der Waals surface area contributed by atoms with Crippen LogP contribution in [-0.2, 0) is 16.1 Å². The summed E-state index contributed by atoms with van der Waals surface area (Å²) in [7, 11) is 0. The van der Waals surface area contributed by atoms with Crippen LogP contribution in [0.15, 0.2) is 71.4 Å². The highest BCUT2D eigenvalue weighted by atomic mass is 127. The number of aliphatic imine (C=N–C) groups is 1. The quantitative estimate of drug-likeness (QED) is 0.154. The molecule has 1 aliphatic heterocycles. The second kappa shape index (κ2) is 11.3. The van der Waals surface area contributed by atoms with Gasteiger partial charge in [-0.1, -0.05) is 49.7 Å². The molecule has 0 amide bonds. The van der Waals surface area contributed by atoms with Crippen LogP contribution in [-0.4, -0.2) is 18.5 Å². The first-order valence-corrected chi connectivity index (χ1v) is 12.8. The van der Waals surface area contributed by atoms with Crippen LogP contribution in [0.2, 0.25) is 5.02 Å². The van der Waals surface area contributed by atoms with Crippen LogP contribution in [0.5, 0.6) is 11.5 Å². The molecule has 0 spiro atoms. The Bertz CT molecular complexity index is 1280. The van der Waals surface area contributed by atoms with Crippen molar-refractivity contribution >= 4 is 52.1 Å². The second-order valence-electron chi connectivity index (χ2n) is 8.29. The second-order valence-corrected chi connectivity index (χ2v) is 9.89. The first-order chi connectivity index (χ1) is 16.8. The van der Waals surface area contributed by atoms with Crippen LogP contribution >= 0.6 is 34.2 Å². The number of carbonyl (C=O) groups is 1. The summed E-state index contributed by atoms with van der Waals surface area (Å²) in [5.41, 5.74) is 3.98. The molecular formula is C28H25ClINO4. The van der Waals surface area contributed by atoms with Gasteiger partial charge in [0.05, 0.1) is 10.2 Å². The third-order valence-electron chi connectivity index (χ3n) is 5.38. The maximum absolute atomic E-state index is 12.5. The average Bonchev–Trinajstić information content (AvgIpc) is 3.20. The molecule has 0 radical (unpaired) electrons. The third-order valence-corrected chi connectivity index (χ3v) is 6.43. The summed E-state index contributed by atoms with van der Waals surface area (Å²) in [4.78, 5) is 17.0. The summed E-state index contributed by atoms with van der Waals surface area (Å²) in [6.07, 6.45) is 1.70. The van der Waals surface area contributed by atoms with Gasteiger partial charge >= 0.3 is 5.97 Å². The van der Waals surface area contributed by atoms with E-state index in [0.717, 1.165) is 20.3 Å². The first-order valence-electron chi connectivity index (χ1n) is 11.3. The minimum absolute atomic E-state index is 0.237. The van der Waals surface area contributed by atoms with Gasteiger partial charge in [0.25, 0.3) is 0 Å². The number of nitrogens with zero attached hydrogens (tertiary/aromatic N) is 1. The lowest BCUT2D eigenvalue weighted by atomic mass is 10.0. The number of carbonyl (C=O) groups excluding carboxylic acids is 1. The zero-order valence-corrected chi connectivity index (χ0v) is 22.6. The van der Waals surface area contributed by atoms with E-state index in [4.69, 9.17) is 25.8 Å². The zero-order chi connectivity index (χ0) is 24.9. The van der Waals surface area contributed by atoms with Gasteiger partial charge in [-0.3, -0.25) is 0 Å². The number of cyclic esters (lactones) is 1. The number of ether oxygens (including phenoxy) is 3. The van der Waals surface area contributed by atoms with Crippen molar-refractivity contribution in [3.05, 3.63) is 97.2 Å². The van der Waals surface area contributed by atoms with Crippen molar-refractivity contribution in [2.75, 3.05) is 6.61 Å². The van der Waals surface area contributed by atoms with Crippen molar-refractivity contribution in [3.63, 3.8) is 0 Å². The highest BCUT2D eigenvalue weighted by Gasteiger charge is 2.24. The normalized spacial score (nSPS) is 14.3. The van der Waals surface area contributed by atoms with E-state index in [1.165, 1.54) is 5.56 Å². The van der Waals surface area contributed by atoms with Gasteiger partial charge in [0.2, 0.25) is 5.90 Å². The van der Waals surface area contributed by atoms with Crippen molar-refractivity contribution in [2.45, 2.75) is 33.3 Å². The number of halogens is 2. The van der Waals surface area contributed by atoms with Crippen LogP contribution in [0.25, 0.3) is 6.08 Å². The Morgan fingerprint density at radius 3 is 2.43 bits per heavy atom. The van der Waals surface area contributed by atoms with Crippen LogP contribution in [0.1, 0.15) is 48.9 Å². The lowest BCUT2D eigenvalue weighted by Crippen LogP contribution is -2.05. The highest BCUT2D eigenvalue weighted by Crippen LogP contribution is 2.36. The topological polar surface area (TPSA) is 57.1 Å². The van der Waals surface area contributed by atoms with Crippen molar-refractivity contribution < 1.29 is 19.0 Å². The lowest BCUT2D eigenvalue weighted by Gasteiger charge is -2.15. The Balaban J connectivity index is 1.58. The molecule has 180 valence electrons. The maximum atomic E-state index is 12.5. The molecule has 3 aromatic rings. The molecule has 0 aromatic heterocycles. The van der Waals surface area contributed by atoms with Gasteiger partial charge in [-0.2, -0.15) is 0 Å². The number of hydrogen-bond acceptors (Lipinski definition) is 5. The van der Waals surface area contributed by atoms with Gasteiger partial charge in [0.15, 0.2) is 17.2 Å². The summed E-state index contributed by atoms with van der Waals surface area (Å²) >= 11 is 8.18. The molecular weight excluding hydrogens is 577 g/mol. The molecule has 1 heterocycles. The zero-order valence-electron chi connectivity index (χ0n) is 19.7. The maximum Gasteiger partial charge on any atom is 0.363 e. The molecule has 0 unspecified atom stereocenters. The Labute approximate surface area is 223 Å². The summed E-state index contributed by atoms with van der Waals surface area (Å²) < 4.78 is 18.2. The monoisotopic (exact) mass is 601 g/mol. The van der Waals surface area contributed by atoms with E-state index in [2.05, 4.69) is 41.4 Å². The van der Waals surface area contributed by atoms with Crippen LogP contribution < -0.4 is 9.47 Å². The molecule has 0 fully saturated rings. The largest absolute Gasteiger partial charge is 0.490 e. The first kappa shape index (κ1) is 25.3. The van der Waals surface area contributed by atoms with E-state index in [-0.39, 0.29) is 5.70 Å². The van der Waals surface area contributed by atoms with Gasteiger partial charge < -0.3 is 14.2 Å². The summed E-state index contributed by atoms with van der Waals surface area (Å²) in [6, 6.07) is 19.2. The number of hydrogen-bond donors (Lipinski definition) is 0. The summed E-state index contributed by atoms with van der Waals surface area (Å²) in [5, 5.41) is 0.680. The molecule has 3 aromatic carbocycles. The predicted octanol–water partition coefficient (Wildman–Crippen LogP) is 7.39. The molecule has 7 heteroatoms. The third kappa shape index (κ3) is 6.24. The summed E-state index contributed by atoms with van der Waals surface area (Å²) in [6.45, 7) is 7.04. The molecule has 4 rings (SSSR count). The number of benzene rings is 3. The minimum atomic E-state index is -0.482. The Morgan fingerprint density at radius 1 is 1.06 bits per heavy atom. The molecule has 0 saturated heterocycles. The number of esters is 1. The van der Waals surface area contributed by atoms with Crippen LogP contribution in [0.3, 0.4) is 0 Å². The molecule has 35 heavy (non-hydrogen) atoms. The molecule has 0 saturated carbocycles. The van der Waals surface area contributed by atoms with Gasteiger partial charge in [0.1, 0.15) is 6.61 Å². The van der Waals surface area contributed by atoms with Crippen molar-refractivity contribution in [1.29, 1.82) is 0 Å². The molecule has 0 bridgehead atoms. The Morgan fingerprint density at radius 2 is 1.77 bits per heavy atom. The fourth-order valence-electron chi connectivity index (χ4n) is 3.51. The average molecular weight is 602 g/mol. The van der Waals surface area contributed by atoms with E-state index in [1.54, 1.807) is 6.08 Å². The molecule has 5 nitrogen and oxygen atoms in total. The van der Waals surface area contributed by atoms with E-state index in [1.807, 2.05) is 67.6 Å². The number of rotatable bonds is 8. The fourth-order valence-corrected chi connectivity index (χ4v) is 4.42. The Hall–Kier alpha value is -2.84. The standard InChI is InChI=1S/C28H25ClINO4/c1-4-33-25-15-19(13-23(30)26(25)34-16-18-5-11-22(29)12-6-18)14-24-28(32)35-27(31-24)21-9-7-20(8-10-21)17(2)3/h5-15,17H,4,16H2,1-3H3/b24-14-. The minimum Gasteiger partial charge on any atom is -0.490 e. The fraction of sp³-hybridized carbons (Fsp3) is 0.214. The van der Waals surface area contributed by atoms with E-state index < -0.39 is 5.97 Å². The molecule has 0 atom stereocenters. The van der Waals surface area contributed by atoms with E-state index in [0.29, 0.717) is 41.6 Å². The van der Waals surface area contributed by atoms with Crippen LogP contribution in [0.4, 0.5) is 0 Å². The molecule has 0 N–H and O–H groups in total. The summed E-state index contributed by atoms with van der Waals surface area (Å²) in [5.74, 6) is 1.49. The van der Waals surface area contributed by atoms with Crippen molar-refractivity contribution in [2.24, 2.45) is 4.99 Å². The van der Waals surface area contributed by atoms with Crippen molar-refractivity contribution in [1.82, 2.24) is 0 Å². The van der Waals surface area contributed by atoms with Gasteiger partial charge in [-0.05, 0) is 94.6 Å². The lowest BCUT2D eigenvalue weighted by molar-refractivity contribution is -0.129. The van der Waals surface area contributed by atoms with Gasteiger partial charge in [-0.15, -0.1) is 0 Å². The SMILES string of the molecule is CCOc1cc(/C=C2\N=C(c3ccc(C(C)C)cc3)OC2=O)cc(I)c1OCc1ccc(Cl)cc1. The van der Waals surface area contributed by atoms with E-state index >= 15 is 0 Å². The van der Waals surface area contributed by atoms with Crippen molar-refractivity contribution in [3.8, 4) is 11.5 Å². The Kier molecular flexibility index (Phi) is 8.13. The van der Waals surface area contributed by atoms with E-state index in [9.17, 15) is 4.79 Å². The highest BCUT2D eigenvalue weighted by molar-refractivity contribution is 14.1. The van der Waals surface area contributed by atoms with Gasteiger partial charge in [-0.25, -0.2) is 9.79 Å². The van der Waals surface area contributed by atoms with Gasteiger partial charge in [0, 0.05) is 10.6 Å².